The van der Waals surface area contributed by atoms with Crippen LogP contribution in [0.2, 0.25) is 0 Å². The summed E-state index contributed by atoms with van der Waals surface area (Å²) >= 11 is 1.38. The van der Waals surface area contributed by atoms with Gasteiger partial charge < -0.3 is 16.0 Å². The van der Waals surface area contributed by atoms with Crippen LogP contribution < -0.4 is 16.0 Å². The zero-order valence-corrected chi connectivity index (χ0v) is 20.3. The maximum atomic E-state index is 15.2. The number of anilines is 2. The summed E-state index contributed by atoms with van der Waals surface area (Å²) in [5.41, 5.74) is 6.10. The minimum absolute atomic E-state index is 0. The van der Waals surface area contributed by atoms with Gasteiger partial charge in [0.15, 0.2) is 11.0 Å². The standard InChI is InChI=1S/C23H20F3N7OS.ClH/c24-14-1-2-16(28-7-14)6-20(34)31-17-3-4-19(26)18(5-17)23-12-33(22-29-8-15(25)9-30-22)10-13(23)11-35-21(27)32-23;/h1-5,7-9,13H,6,10-12H2,(H2,27,32)(H,31,34);1H/t13-,23-;/m0./s1. The fourth-order valence-corrected chi connectivity index (χ4v) is 5.42. The number of rotatable bonds is 5. The Bertz CT molecular complexity index is 1300. The number of nitrogens with two attached hydrogens (primary N) is 1. The van der Waals surface area contributed by atoms with Crippen LogP contribution in [-0.2, 0) is 16.8 Å². The first-order valence-electron chi connectivity index (χ1n) is 10.7. The second-order valence-corrected chi connectivity index (χ2v) is 9.39. The SMILES string of the molecule is Cl.NC1=N[C@@]2(c3cc(NC(=O)Cc4ccc(F)cn4)ccc3F)CN(c3ncc(F)cn3)C[C@H]2CS1. The fourth-order valence-electron chi connectivity index (χ4n) is 4.44. The van der Waals surface area contributed by atoms with E-state index in [1.165, 1.54) is 36.0 Å². The summed E-state index contributed by atoms with van der Waals surface area (Å²) in [5, 5.41) is 3.08. The van der Waals surface area contributed by atoms with Crippen molar-refractivity contribution in [3.05, 3.63) is 77.6 Å². The number of thioether (sulfide) groups is 1. The number of carbonyl (C=O) groups excluding carboxylic acids is 1. The quantitative estimate of drug-likeness (QED) is 0.516. The van der Waals surface area contributed by atoms with Gasteiger partial charge in [-0.25, -0.2) is 28.1 Å². The maximum absolute atomic E-state index is 15.2. The molecule has 8 nitrogen and oxygen atoms in total. The molecule has 1 fully saturated rings. The van der Waals surface area contributed by atoms with Crippen LogP contribution in [0.4, 0.5) is 24.8 Å². The Morgan fingerprint density at radius 1 is 1.11 bits per heavy atom. The molecule has 4 heterocycles. The van der Waals surface area contributed by atoms with E-state index in [4.69, 9.17) is 5.73 Å². The van der Waals surface area contributed by atoms with Crippen LogP contribution in [0.3, 0.4) is 0 Å². The van der Waals surface area contributed by atoms with Crippen LogP contribution in [0, 0.1) is 23.4 Å². The van der Waals surface area contributed by atoms with Crippen LogP contribution >= 0.6 is 24.2 Å². The monoisotopic (exact) mass is 535 g/mol. The van der Waals surface area contributed by atoms with E-state index in [0.29, 0.717) is 34.8 Å². The van der Waals surface area contributed by atoms with Gasteiger partial charge in [-0.1, -0.05) is 11.8 Å². The first-order chi connectivity index (χ1) is 16.8. The Morgan fingerprint density at radius 2 is 1.86 bits per heavy atom. The van der Waals surface area contributed by atoms with Crippen molar-refractivity contribution in [2.75, 3.05) is 29.1 Å². The van der Waals surface area contributed by atoms with Crippen molar-refractivity contribution in [1.29, 1.82) is 0 Å². The van der Waals surface area contributed by atoms with E-state index in [0.717, 1.165) is 18.6 Å². The summed E-state index contributed by atoms with van der Waals surface area (Å²) < 4.78 is 41.6. The fraction of sp³-hybridized carbons (Fsp3) is 0.261. The molecule has 2 aliphatic heterocycles. The lowest BCUT2D eigenvalue weighted by atomic mass is 9.81. The maximum Gasteiger partial charge on any atom is 0.230 e. The van der Waals surface area contributed by atoms with Gasteiger partial charge in [0.25, 0.3) is 0 Å². The molecule has 2 aromatic heterocycles. The van der Waals surface area contributed by atoms with Crippen molar-refractivity contribution in [1.82, 2.24) is 15.0 Å². The molecule has 0 spiro atoms. The third-order valence-electron chi connectivity index (χ3n) is 6.03. The predicted octanol–water partition coefficient (Wildman–Crippen LogP) is 3.29. The van der Waals surface area contributed by atoms with Gasteiger partial charge in [0, 0.05) is 35.2 Å². The van der Waals surface area contributed by atoms with E-state index in [1.807, 2.05) is 4.90 Å². The van der Waals surface area contributed by atoms with E-state index in [9.17, 15) is 13.6 Å². The van der Waals surface area contributed by atoms with E-state index < -0.39 is 23.0 Å². The van der Waals surface area contributed by atoms with Gasteiger partial charge in [-0.05, 0) is 30.3 Å². The minimum Gasteiger partial charge on any atom is -0.379 e. The molecule has 1 saturated heterocycles. The van der Waals surface area contributed by atoms with Crippen molar-refractivity contribution in [2.45, 2.75) is 12.0 Å². The molecule has 0 saturated carbocycles. The van der Waals surface area contributed by atoms with Gasteiger partial charge in [-0.3, -0.25) is 9.78 Å². The molecule has 0 radical (unpaired) electrons. The lowest BCUT2D eigenvalue weighted by Gasteiger charge is -2.35. The Labute approximate surface area is 215 Å². The number of aliphatic imine (C=N–C) groups is 1. The number of nitrogens with zero attached hydrogens (tertiary/aromatic N) is 5. The highest BCUT2D eigenvalue weighted by Gasteiger charge is 2.52. The van der Waals surface area contributed by atoms with Crippen LogP contribution in [0.15, 0.2) is 53.9 Å². The van der Waals surface area contributed by atoms with Gasteiger partial charge in [0.05, 0.1) is 31.6 Å². The molecule has 3 aromatic rings. The molecular formula is C23H21ClF3N7OS. The number of nitrogens with one attached hydrogen (secondary N) is 1. The third-order valence-corrected chi connectivity index (χ3v) is 6.98. The summed E-state index contributed by atoms with van der Waals surface area (Å²) in [6, 6.07) is 6.94. The van der Waals surface area contributed by atoms with Crippen molar-refractivity contribution in [3.63, 3.8) is 0 Å². The number of carbonyl (C=O) groups is 1. The number of halogens is 4. The summed E-state index contributed by atoms with van der Waals surface area (Å²) in [4.78, 5) is 31.1. The minimum atomic E-state index is -1.03. The molecule has 36 heavy (non-hydrogen) atoms. The second kappa shape index (κ2) is 10.3. The van der Waals surface area contributed by atoms with Gasteiger partial charge >= 0.3 is 0 Å². The number of hydrogen-bond acceptors (Lipinski definition) is 8. The molecule has 5 rings (SSSR count). The van der Waals surface area contributed by atoms with Crippen LogP contribution in [-0.4, -0.2) is 44.9 Å². The molecule has 2 aliphatic rings. The van der Waals surface area contributed by atoms with Gasteiger partial charge in [0.1, 0.15) is 17.2 Å². The average Bonchev–Trinajstić information content (AvgIpc) is 3.22. The Hall–Kier alpha value is -3.38. The molecule has 13 heteroatoms. The number of aromatic nitrogens is 3. The van der Waals surface area contributed by atoms with Crippen molar-refractivity contribution < 1.29 is 18.0 Å². The highest BCUT2D eigenvalue weighted by atomic mass is 35.5. The summed E-state index contributed by atoms with van der Waals surface area (Å²) in [7, 11) is 0. The number of fused-ring (bicyclic) bond motifs is 1. The molecule has 1 amide bonds. The summed E-state index contributed by atoms with van der Waals surface area (Å²) in [6.45, 7) is 0.708. The van der Waals surface area contributed by atoms with Crippen LogP contribution in [0.1, 0.15) is 11.3 Å². The first-order valence-corrected chi connectivity index (χ1v) is 11.7. The number of amides is 1. The van der Waals surface area contributed by atoms with Crippen molar-refractivity contribution in [2.24, 2.45) is 16.6 Å². The molecular weight excluding hydrogens is 515 g/mol. The predicted molar refractivity (Wildman–Crippen MR) is 134 cm³/mol. The summed E-state index contributed by atoms with van der Waals surface area (Å²) in [6.07, 6.45) is 3.13. The normalized spacial score (nSPS) is 20.8. The van der Waals surface area contributed by atoms with E-state index in [2.05, 4.69) is 25.3 Å². The molecule has 0 bridgehead atoms. The lowest BCUT2D eigenvalue weighted by molar-refractivity contribution is -0.115. The summed E-state index contributed by atoms with van der Waals surface area (Å²) in [5.74, 6) is -1.13. The van der Waals surface area contributed by atoms with Crippen molar-refractivity contribution >= 4 is 46.9 Å². The highest BCUT2D eigenvalue weighted by molar-refractivity contribution is 8.13. The van der Waals surface area contributed by atoms with E-state index >= 15 is 4.39 Å². The highest BCUT2D eigenvalue weighted by Crippen LogP contribution is 2.47. The topological polar surface area (TPSA) is 109 Å². The Kier molecular flexibility index (Phi) is 7.36. The zero-order chi connectivity index (χ0) is 24.6. The van der Waals surface area contributed by atoms with E-state index in [-0.39, 0.29) is 42.8 Å². The molecule has 0 unspecified atom stereocenters. The largest absolute Gasteiger partial charge is 0.379 e. The van der Waals surface area contributed by atoms with Crippen LogP contribution in [0.5, 0.6) is 0 Å². The number of benzene rings is 1. The third kappa shape index (κ3) is 5.09. The molecule has 2 atom stereocenters. The van der Waals surface area contributed by atoms with Crippen molar-refractivity contribution in [3.8, 4) is 0 Å². The molecule has 0 aliphatic carbocycles. The first kappa shape index (κ1) is 25.7. The molecule has 1 aromatic carbocycles. The van der Waals surface area contributed by atoms with Gasteiger partial charge in [-0.15, -0.1) is 12.4 Å². The lowest BCUT2D eigenvalue weighted by Crippen LogP contribution is -2.40. The smallest absolute Gasteiger partial charge is 0.230 e. The Morgan fingerprint density at radius 3 is 2.58 bits per heavy atom. The number of pyridine rings is 1. The molecule has 3 N–H and O–H groups in total. The Balaban J connectivity index is 0.00000304. The number of hydrogen-bond donors (Lipinski definition) is 2. The van der Waals surface area contributed by atoms with Crippen LogP contribution in [0.25, 0.3) is 0 Å². The van der Waals surface area contributed by atoms with E-state index in [1.54, 1.807) is 6.07 Å². The molecule has 188 valence electrons. The average molecular weight is 536 g/mol. The van der Waals surface area contributed by atoms with Gasteiger partial charge in [0.2, 0.25) is 11.9 Å². The second-order valence-electron chi connectivity index (χ2n) is 8.35. The zero-order valence-electron chi connectivity index (χ0n) is 18.7. The number of amidine groups is 1. The van der Waals surface area contributed by atoms with Gasteiger partial charge in [-0.2, -0.15) is 0 Å².